The van der Waals surface area contributed by atoms with Gasteiger partial charge >= 0.3 is 6.18 Å². The van der Waals surface area contributed by atoms with Gasteiger partial charge in [0.2, 0.25) is 0 Å². The fourth-order valence-electron chi connectivity index (χ4n) is 3.75. The normalized spacial score (nSPS) is 16.2. The van der Waals surface area contributed by atoms with Gasteiger partial charge in [-0.3, -0.25) is 9.48 Å². The number of anilines is 2. The van der Waals surface area contributed by atoms with Gasteiger partial charge in [0, 0.05) is 30.5 Å². The molecule has 0 bridgehead atoms. The minimum Gasteiger partial charge on any atom is -0.370 e. The summed E-state index contributed by atoms with van der Waals surface area (Å²) in [4.78, 5) is 19.2. The highest BCUT2D eigenvalue weighted by molar-refractivity contribution is 6.31. The van der Waals surface area contributed by atoms with Gasteiger partial charge in [-0.05, 0) is 49.2 Å². The number of aromatic nitrogens is 3. The van der Waals surface area contributed by atoms with Gasteiger partial charge in [-0.1, -0.05) is 18.5 Å². The number of carbonyl (C=O) groups is 1. The number of benzene rings is 1. The Kier molecular flexibility index (Phi) is 5.85. The Balaban J connectivity index is 1.72. The molecule has 1 aliphatic rings. The average Bonchev–Trinajstić information content (AvgIpc) is 3.20. The van der Waals surface area contributed by atoms with Crippen molar-refractivity contribution in [2.24, 2.45) is 0 Å². The number of halogens is 4. The van der Waals surface area contributed by atoms with Crippen LogP contribution in [0.3, 0.4) is 0 Å². The van der Waals surface area contributed by atoms with E-state index in [2.05, 4.69) is 15.4 Å². The Morgan fingerprint density at radius 3 is 2.72 bits per heavy atom. The van der Waals surface area contributed by atoms with Crippen molar-refractivity contribution in [1.29, 1.82) is 0 Å². The van der Waals surface area contributed by atoms with Crippen LogP contribution in [0.25, 0.3) is 11.1 Å². The Labute approximate surface area is 188 Å². The SMILES string of the molecule is CCCNc1cc(-c2cnn3c2C(=O)N(c2ccc(C(F)(F)F)c(Cl)c2)C[C@@H]3C)ccn1. The molecule has 1 atom stereocenters. The molecule has 0 spiro atoms. The Morgan fingerprint density at radius 2 is 2.03 bits per heavy atom. The number of nitrogens with one attached hydrogen (secondary N) is 1. The predicted molar refractivity (Wildman–Crippen MR) is 117 cm³/mol. The third-order valence-electron chi connectivity index (χ3n) is 5.30. The Hall–Kier alpha value is -3.07. The van der Waals surface area contributed by atoms with E-state index in [9.17, 15) is 18.0 Å². The van der Waals surface area contributed by atoms with Crippen LogP contribution in [0.5, 0.6) is 0 Å². The molecule has 0 aliphatic carbocycles. The van der Waals surface area contributed by atoms with Gasteiger partial charge in [-0.2, -0.15) is 18.3 Å². The highest BCUT2D eigenvalue weighted by Gasteiger charge is 2.36. The minimum absolute atomic E-state index is 0.183. The molecule has 0 radical (unpaired) electrons. The molecular formula is C22H21ClF3N5O. The molecule has 10 heteroatoms. The summed E-state index contributed by atoms with van der Waals surface area (Å²) in [5.41, 5.74) is 1.14. The number of alkyl halides is 3. The van der Waals surface area contributed by atoms with Crippen molar-refractivity contribution in [2.75, 3.05) is 23.3 Å². The van der Waals surface area contributed by atoms with Crippen molar-refractivity contribution in [3.8, 4) is 11.1 Å². The van der Waals surface area contributed by atoms with Gasteiger partial charge in [0.05, 0.1) is 22.8 Å². The average molecular weight is 464 g/mol. The highest BCUT2D eigenvalue weighted by atomic mass is 35.5. The maximum absolute atomic E-state index is 13.4. The molecule has 1 N–H and O–H groups in total. The van der Waals surface area contributed by atoms with E-state index in [0.29, 0.717) is 22.8 Å². The molecule has 3 aromatic rings. The number of amides is 1. The van der Waals surface area contributed by atoms with E-state index in [4.69, 9.17) is 11.6 Å². The molecule has 6 nitrogen and oxygen atoms in total. The molecule has 1 amide bonds. The zero-order valence-electron chi connectivity index (χ0n) is 17.4. The molecule has 0 unspecified atom stereocenters. The first-order valence-corrected chi connectivity index (χ1v) is 10.5. The Morgan fingerprint density at radius 1 is 1.25 bits per heavy atom. The molecule has 1 aromatic carbocycles. The predicted octanol–water partition coefficient (Wildman–Crippen LogP) is 5.66. The lowest BCUT2D eigenvalue weighted by molar-refractivity contribution is -0.137. The van der Waals surface area contributed by atoms with E-state index in [1.807, 2.05) is 19.9 Å². The molecule has 4 rings (SSSR count). The van der Waals surface area contributed by atoms with E-state index in [-0.39, 0.29) is 18.5 Å². The molecule has 2 aromatic heterocycles. The van der Waals surface area contributed by atoms with E-state index < -0.39 is 16.8 Å². The summed E-state index contributed by atoms with van der Waals surface area (Å²) in [5.74, 6) is 0.332. The maximum atomic E-state index is 13.4. The van der Waals surface area contributed by atoms with E-state index >= 15 is 0 Å². The van der Waals surface area contributed by atoms with Crippen molar-refractivity contribution < 1.29 is 18.0 Å². The summed E-state index contributed by atoms with van der Waals surface area (Å²) in [5, 5.41) is 7.17. The summed E-state index contributed by atoms with van der Waals surface area (Å²) in [6, 6.07) is 6.80. The summed E-state index contributed by atoms with van der Waals surface area (Å²) >= 11 is 5.89. The minimum atomic E-state index is -4.56. The third-order valence-corrected chi connectivity index (χ3v) is 5.62. The molecule has 168 valence electrons. The van der Waals surface area contributed by atoms with Gasteiger partial charge < -0.3 is 10.2 Å². The van der Waals surface area contributed by atoms with Crippen LogP contribution in [0, 0.1) is 0 Å². The number of hydrogen-bond donors (Lipinski definition) is 1. The van der Waals surface area contributed by atoms with Crippen LogP contribution in [-0.4, -0.2) is 33.8 Å². The van der Waals surface area contributed by atoms with Crippen LogP contribution < -0.4 is 10.2 Å². The van der Waals surface area contributed by atoms with Gasteiger partial charge in [-0.25, -0.2) is 4.98 Å². The fraction of sp³-hybridized carbons (Fsp3) is 0.318. The fourth-order valence-corrected chi connectivity index (χ4v) is 4.03. The summed E-state index contributed by atoms with van der Waals surface area (Å²) < 4.78 is 40.9. The van der Waals surface area contributed by atoms with Gasteiger partial charge in [0.1, 0.15) is 11.5 Å². The van der Waals surface area contributed by atoms with Crippen LogP contribution in [0.1, 0.15) is 42.4 Å². The topological polar surface area (TPSA) is 63.1 Å². The summed E-state index contributed by atoms with van der Waals surface area (Å²) in [6.07, 6.45) is -0.339. The number of pyridine rings is 1. The van der Waals surface area contributed by atoms with Crippen molar-refractivity contribution in [1.82, 2.24) is 14.8 Å². The number of carbonyl (C=O) groups excluding carboxylic acids is 1. The molecule has 1 aliphatic heterocycles. The first-order chi connectivity index (χ1) is 15.2. The summed E-state index contributed by atoms with van der Waals surface area (Å²) in [6.45, 7) is 4.97. The van der Waals surface area contributed by atoms with Gasteiger partial charge in [0.15, 0.2) is 0 Å². The number of fused-ring (bicyclic) bond motifs is 1. The second kappa shape index (κ2) is 8.46. The standard InChI is InChI=1S/C22H21ClF3N5O/c1-3-7-27-19-9-14(6-8-28-19)16-11-29-31-13(2)12-30(21(32)20(16)31)15-4-5-17(18(23)10-15)22(24,25)26/h4-6,8-11,13H,3,7,12H2,1-2H3,(H,27,28)/t13-/m0/s1. The number of rotatable bonds is 5. The monoisotopic (exact) mass is 463 g/mol. The van der Waals surface area contributed by atoms with E-state index in [1.165, 1.54) is 17.0 Å². The molecule has 0 saturated carbocycles. The summed E-state index contributed by atoms with van der Waals surface area (Å²) in [7, 11) is 0. The largest absolute Gasteiger partial charge is 0.417 e. The van der Waals surface area contributed by atoms with Crippen molar-refractivity contribution in [3.05, 3.63) is 59.0 Å². The van der Waals surface area contributed by atoms with E-state index in [0.717, 1.165) is 24.6 Å². The molecular weight excluding hydrogens is 443 g/mol. The quantitative estimate of drug-likeness (QED) is 0.530. The molecule has 3 heterocycles. The number of hydrogen-bond acceptors (Lipinski definition) is 4. The zero-order chi connectivity index (χ0) is 23.0. The first kappa shape index (κ1) is 22.1. The second-order valence-electron chi connectivity index (χ2n) is 7.63. The molecule has 0 fully saturated rings. The smallest absolute Gasteiger partial charge is 0.370 e. The lowest BCUT2D eigenvalue weighted by Gasteiger charge is -2.32. The molecule has 0 saturated heterocycles. The van der Waals surface area contributed by atoms with Crippen LogP contribution in [0.4, 0.5) is 24.7 Å². The van der Waals surface area contributed by atoms with Gasteiger partial charge in [-0.15, -0.1) is 0 Å². The second-order valence-corrected chi connectivity index (χ2v) is 8.04. The zero-order valence-corrected chi connectivity index (χ0v) is 18.2. The van der Waals surface area contributed by atoms with Crippen LogP contribution in [-0.2, 0) is 6.18 Å². The number of nitrogens with zero attached hydrogens (tertiary/aromatic N) is 4. The Bertz CT molecular complexity index is 1160. The lowest BCUT2D eigenvalue weighted by atomic mass is 10.0. The van der Waals surface area contributed by atoms with Crippen LogP contribution in [0.2, 0.25) is 5.02 Å². The van der Waals surface area contributed by atoms with E-state index in [1.54, 1.807) is 23.1 Å². The van der Waals surface area contributed by atoms with Crippen LogP contribution in [0.15, 0.2) is 42.7 Å². The third kappa shape index (κ3) is 4.04. The highest BCUT2D eigenvalue weighted by Crippen LogP contribution is 2.38. The van der Waals surface area contributed by atoms with Crippen LogP contribution >= 0.6 is 11.6 Å². The van der Waals surface area contributed by atoms with Crippen molar-refractivity contribution in [2.45, 2.75) is 32.5 Å². The first-order valence-electron chi connectivity index (χ1n) is 10.2. The van der Waals surface area contributed by atoms with Crippen molar-refractivity contribution in [3.63, 3.8) is 0 Å². The lowest BCUT2D eigenvalue weighted by Crippen LogP contribution is -2.42. The molecule has 32 heavy (non-hydrogen) atoms. The van der Waals surface area contributed by atoms with Crippen molar-refractivity contribution >= 4 is 29.0 Å². The van der Waals surface area contributed by atoms with Gasteiger partial charge in [0.25, 0.3) is 5.91 Å². The maximum Gasteiger partial charge on any atom is 0.417 e.